The lowest BCUT2D eigenvalue weighted by atomic mass is 9.93. The van der Waals surface area contributed by atoms with E-state index in [2.05, 4.69) is 15.7 Å². The van der Waals surface area contributed by atoms with Crippen LogP contribution in [0.3, 0.4) is 0 Å². The first kappa shape index (κ1) is 18.1. The van der Waals surface area contributed by atoms with Crippen molar-refractivity contribution in [2.45, 2.75) is 44.1 Å². The van der Waals surface area contributed by atoms with E-state index in [0.717, 1.165) is 31.2 Å². The van der Waals surface area contributed by atoms with Crippen molar-refractivity contribution >= 4 is 28.6 Å². The zero-order valence-corrected chi connectivity index (χ0v) is 15.6. The van der Waals surface area contributed by atoms with E-state index in [1.807, 2.05) is 42.5 Å². The van der Waals surface area contributed by atoms with E-state index >= 15 is 0 Å². The molecular weight excluding hydrogens is 364 g/mol. The number of aromatic nitrogens is 2. The standard InChI is InChI=1S/C20H23ClN4O2/c21-14-5-1-2-6-15(14)23-20(27)17-11-9-13-10-12-19(24-25(13)17)22-16-7-3-4-8-18(16)26/h1-2,5-6,9-12,16,18,20,23,26-27H,3-4,7-8H2,(H,22,24)/t16-,18+,20?/m1/s1. The number of fused-ring (bicyclic) bond motifs is 1. The van der Waals surface area contributed by atoms with Crippen LogP contribution in [0.4, 0.5) is 11.5 Å². The average molecular weight is 387 g/mol. The molecular formula is C20H23ClN4O2. The molecule has 1 aromatic carbocycles. The SMILES string of the molecule is OC(Nc1ccccc1Cl)c1ccc2ccc(N[C@@H]3CCCC[C@@H]3O)nn12. The largest absolute Gasteiger partial charge is 0.391 e. The summed E-state index contributed by atoms with van der Waals surface area (Å²) in [7, 11) is 0. The summed E-state index contributed by atoms with van der Waals surface area (Å²) in [4.78, 5) is 0. The molecule has 0 saturated heterocycles. The molecule has 1 saturated carbocycles. The molecule has 3 atom stereocenters. The van der Waals surface area contributed by atoms with Crippen LogP contribution in [0.2, 0.25) is 5.02 Å². The number of aliphatic hydroxyl groups excluding tert-OH is 2. The number of rotatable bonds is 5. The third kappa shape index (κ3) is 3.88. The lowest BCUT2D eigenvalue weighted by Crippen LogP contribution is -2.36. The van der Waals surface area contributed by atoms with Crippen LogP contribution < -0.4 is 10.6 Å². The van der Waals surface area contributed by atoms with Crippen LogP contribution in [0, 0.1) is 0 Å². The number of hydrogen-bond donors (Lipinski definition) is 4. The minimum Gasteiger partial charge on any atom is -0.391 e. The maximum atomic E-state index is 10.6. The quantitative estimate of drug-likeness (QED) is 0.501. The van der Waals surface area contributed by atoms with E-state index in [4.69, 9.17) is 11.6 Å². The van der Waals surface area contributed by atoms with Gasteiger partial charge in [0, 0.05) is 0 Å². The normalized spacial score (nSPS) is 21.1. The summed E-state index contributed by atoms with van der Waals surface area (Å²) < 4.78 is 1.70. The molecule has 4 rings (SSSR count). The highest BCUT2D eigenvalue weighted by atomic mass is 35.5. The Morgan fingerprint density at radius 3 is 2.67 bits per heavy atom. The van der Waals surface area contributed by atoms with Crippen molar-refractivity contribution in [1.82, 2.24) is 9.61 Å². The molecule has 0 radical (unpaired) electrons. The highest BCUT2D eigenvalue weighted by Gasteiger charge is 2.23. The molecule has 1 aliphatic carbocycles. The first-order valence-electron chi connectivity index (χ1n) is 9.24. The fourth-order valence-corrected chi connectivity index (χ4v) is 3.75. The topological polar surface area (TPSA) is 81.8 Å². The fraction of sp³-hybridized carbons (Fsp3) is 0.350. The molecule has 4 N–H and O–H groups in total. The Morgan fingerprint density at radius 1 is 1.07 bits per heavy atom. The van der Waals surface area contributed by atoms with E-state index in [0.29, 0.717) is 22.2 Å². The third-order valence-corrected chi connectivity index (χ3v) is 5.37. The van der Waals surface area contributed by atoms with E-state index in [1.54, 1.807) is 10.6 Å². The molecule has 1 fully saturated rings. The fourth-order valence-electron chi connectivity index (χ4n) is 3.56. The molecule has 142 valence electrons. The Balaban J connectivity index is 1.57. The van der Waals surface area contributed by atoms with Crippen LogP contribution in [0.5, 0.6) is 0 Å². The number of aliphatic hydroxyl groups is 2. The van der Waals surface area contributed by atoms with Gasteiger partial charge in [0.1, 0.15) is 5.82 Å². The molecule has 1 aliphatic rings. The second-order valence-corrected chi connectivity index (χ2v) is 7.35. The highest BCUT2D eigenvalue weighted by Crippen LogP contribution is 2.26. The summed E-state index contributed by atoms with van der Waals surface area (Å²) in [6, 6.07) is 14.8. The number of nitrogens with zero attached hydrogens (tertiary/aromatic N) is 2. The van der Waals surface area contributed by atoms with Crippen molar-refractivity contribution in [2.75, 3.05) is 10.6 Å². The highest BCUT2D eigenvalue weighted by molar-refractivity contribution is 6.33. The summed E-state index contributed by atoms with van der Waals surface area (Å²) in [5.41, 5.74) is 2.14. The van der Waals surface area contributed by atoms with E-state index < -0.39 is 6.23 Å². The first-order valence-corrected chi connectivity index (χ1v) is 9.62. The summed E-state index contributed by atoms with van der Waals surface area (Å²) in [6.07, 6.45) is 2.59. The molecule has 6 nitrogen and oxygen atoms in total. The number of nitrogens with one attached hydrogen (secondary N) is 2. The van der Waals surface area contributed by atoms with Gasteiger partial charge < -0.3 is 20.8 Å². The van der Waals surface area contributed by atoms with Crippen LogP contribution in [0.15, 0.2) is 48.5 Å². The molecule has 7 heteroatoms. The molecule has 0 bridgehead atoms. The summed E-state index contributed by atoms with van der Waals surface area (Å²) in [5, 5.41) is 32.3. The molecule has 1 unspecified atom stereocenters. The second kappa shape index (κ2) is 7.76. The maximum absolute atomic E-state index is 10.6. The monoisotopic (exact) mass is 386 g/mol. The molecule has 27 heavy (non-hydrogen) atoms. The predicted molar refractivity (Wildman–Crippen MR) is 107 cm³/mol. The van der Waals surface area contributed by atoms with Crippen LogP contribution >= 0.6 is 11.6 Å². The Bertz CT molecular complexity index is 929. The molecule has 0 spiro atoms. The second-order valence-electron chi connectivity index (χ2n) is 6.94. The molecule has 0 amide bonds. The zero-order valence-electron chi connectivity index (χ0n) is 14.8. The van der Waals surface area contributed by atoms with Crippen molar-refractivity contribution in [2.24, 2.45) is 0 Å². The van der Waals surface area contributed by atoms with Crippen molar-refractivity contribution in [3.05, 3.63) is 59.2 Å². The van der Waals surface area contributed by atoms with Crippen molar-refractivity contribution in [1.29, 1.82) is 0 Å². The van der Waals surface area contributed by atoms with Gasteiger partial charge in [-0.3, -0.25) is 0 Å². The van der Waals surface area contributed by atoms with Gasteiger partial charge in [-0.2, -0.15) is 5.10 Å². The summed E-state index contributed by atoms with van der Waals surface area (Å²) in [5.74, 6) is 0.677. The van der Waals surface area contributed by atoms with Gasteiger partial charge in [0.25, 0.3) is 0 Å². The smallest absolute Gasteiger partial charge is 0.168 e. The van der Waals surface area contributed by atoms with Crippen LogP contribution in [-0.2, 0) is 0 Å². The van der Waals surface area contributed by atoms with Crippen LogP contribution in [0.25, 0.3) is 5.52 Å². The van der Waals surface area contributed by atoms with Gasteiger partial charge in [-0.1, -0.05) is 36.6 Å². The Kier molecular flexibility index (Phi) is 5.20. The molecule has 2 heterocycles. The van der Waals surface area contributed by atoms with Crippen LogP contribution in [-0.4, -0.2) is 32.0 Å². The first-order chi connectivity index (χ1) is 13.1. The van der Waals surface area contributed by atoms with Gasteiger partial charge in [-0.25, -0.2) is 4.52 Å². The number of anilines is 2. The minimum atomic E-state index is -0.963. The van der Waals surface area contributed by atoms with E-state index in [-0.39, 0.29) is 12.1 Å². The van der Waals surface area contributed by atoms with Crippen molar-refractivity contribution < 1.29 is 10.2 Å². The molecule has 0 aliphatic heterocycles. The Morgan fingerprint density at radius 2 is 1.85 bits per heavy atom. The van der Waals surface area contributed by atoms with E-state index in [1.165, 1.54) is 0 Å². The van der Waals surface area contributed by atoms with E-state index in [9.17, 15) is 10.2 Å². The van der Waals surface area contributed by atoms with Crippen molar-refractivity contribution in [3.63, 3.8) is 0 Å². The van der Waals surface area contributed by atoms with Gasteiger partial charge in [0.15, 0.2) is 6.23 Å². The van der Waals surface area contributed by atoms with Crippen LogP contribution in [0.1, 0.15) is 37.6 Å². The van der Waals surface area contributed by atoms with Crippen molar-refractivity contribution in [3.8, 4) is 0 Å². The number of halogens is 1. The molecule has 2 aromatic heterocycles. The van der Waals surface area contributed by atoms with Gasteiger partial charge in [-0.05, 0) is 49.2 Å². The average Bonchev–Trinajstić information content (AvgIpc) is 3.09. The third-order valence-electron chi connectivity index (χ3n) is 5.04. The Hall–Kier alpha value is -2.28. The number of para-hydroxylation sites is 1. The minimum absolute atomic E-state index is 0.00823. The van der Waals surface area contributed by atoms with Gasteiger partial charge in [-0.15, -0.1) is 0 Å². The molecule has 3 aromatic rings. The van der Waals surface area contributed by atoms with Gasteiger partial charge in [0.2, 0.25) is 0 Å². The lowest BCUT2D eigenvalue weighted by molar-refractivity contribution is 0.116. The zero-order chi connectivity index (χ0) is 18.8. The maximum Gasteiger partial charge on any atom is 0.168 e. The Labute approximate surface area is 162 Å². The van der Waals surface area contributed by atoms with Gasteiger partial charge >= 0.3 is 0 Å². The lowest BCUT2D eigenvalue weighted by Gasteiger charge is -2.28. The summed E-state index contributed by atoms with van der Waals surface area (Å²) >= 11 is 6.17. The number of benzene rings is 1. The predicted octanol–water partition coefficient (Wildman–Crippen LogP) is 3.81. The number of hydrogen-bond acceptors (Lipinski definition) is 5. The van der Waals surface area contributed by atoms with Gasteiger partial charge in [0.05, 0.1) is 34.1 Å². The summed E-state index contributed by atoms with van der Waals surface area (Å²) in [6.45, 7) is 0.